The summed E-state index contributed by atoms with van der Waals surface area (Å²) in [6.45, 7) is 8.85. The molecule has 1 atom stereocenters. The zero-order valence-corrected chi connectivity index (χ0v) is 17.9. The lowest BCUT2D eigenvalue weighted by Crippen LogP contribution is -2.53. The number of rotatable bonds is 8. The van der Waals surface area contributed by atoms with E-state index < -0.39 is 26.3 Å². The number of carbonyl (C=O) groups is 2. The van der Waals surface area contributed by atoms with E-state index in [9.17, 15) is 9.59 Å². The maximum Gasteiger partial charge on any atom is 0.496 e. The van der Waals surface area contributed by atoms with Gasteiger partial charge in [0.25, 0.3) is 11.9 Å². The lowest BCUT2D eigenvalue weighted by molar-refractivity contribution is -0.198. The lowest BCUT2D eigenvalue weighted by atomic mass is 10.1. The first kappa shape index (κ1) is 21.4. The summed E-state index contributed by atoms with van der Waals surface area (Å²) >= 11 is 0. The molecular weight excluding hydrogens is 364 g/mol. The predicted molar refractivity (Wildman–Crippen MR) is 104 cm³/mol. The van der Waals surface area contributed by atoms with Crippen LogP contribution in [0.3, 0.4) is 0 Å². The fourth-order valence-corrected chi connectivity index (χ4v) is 5.45. The quantitative estimate of drug-likeness (QED) is 0.495. The predicted octanol–water partition coefficient (Wildman–Crippen LogP) is 3.69. The van der Waals surface area contributed by atoms with Crippen LogP contribution in [0.1, 0.15) is 65.4 Å². The maximum atomic E-state index is 11.5. The summed E-state index contributed by atoms with van der Waals surface area (Å²) in [5, 5.41) is 0.686. The molecule has 0 bridgehead atoms. The Bertz CT molecular complexity index is 673. The van der Waals surface area contributed by atoms with E-state index >= 15 is 0 Å². The number of fused-ring (bicyclic) bond motifs is 1. The van der Waals surface area contributed by atoms with Gasteiger partial charge in [-0.05, 0) is 18.6 Å². The van der Waals surface area contributed by atoms with Gasteiger partial charge >= 0.3 is 8.56 Å². The third kappa shape index (κ3) is 5.81. The Labute approximate surface area is 162 Å². The lowest BCUT2D eigenvalue weighted by Gasteiger charge is -2.36. The van der Waals surface area contributed by atoms with Gasteiger partial charge in [-0.3, -0.25) is 9.59 Å². The van der Waals surface area contributed by atoms with Crippen LogP contribution in [0.2, 0.25) is 6.55 Å². The number of benzene rings is 1. The fourth-order valence-electron chi connectivity index (χ4n) is 3.25. The van der Waals surface area contributed by atoms with E-state index in [0.29, 0.717) is 11.8 Å². The average molecular weight is 395 g/mol. The number of unbranched alkanes of at least 4 members (excludes halogenated alkanes) is 3. The van der Waals surface area contributed by atoms with Crippen molar-refractivity contribution in [1.29, 1.82) is 0 Å². The number of carbonyl (C=O) groups excluding carboxylic acids is 2. The number of ether oxygens (including phenoxy) is 2. The van der Waals surface area contributed by atoms with Gasteiger partial charge in [-0.25, -0.2) is 0 Å². The molecule has 0 saturated heterocycles. The second-order valence-corrected chi connectivity index (χ2v) is 10.2. The van der Waals surface area contributed by atoms with Crippen molar-refractivity contribution >= 4 is 25.7 Å². The molecule has 0 N–H and O–H groups in total. The van der Waals surface area contributed by atoms with E-state index in [1.807, 2.05) is 19.1 Å². The van der Waals surface area contributed by atoms with Crippen LogP contribution >= 0.6 is 0 Å². The highest BCUT2D eigenvalue weighted by Crippen LogP contribution is 2.34. The topological polar surface area (TPSA) is 71.1 Å². The van der Waals surface area contributed by atoms with Crippen molar-refractivity contribution in [3.05, 3.63) is 23.8 Å². The van der Waals surface area contributed by atoms with E-state index in [4.69, 9.17) is 18.3 Å². The van der Waals surface area contributed by atoms with Gasteiger partial charge in [-0.1, -0.05) is 32.3 Å². The smallest absolute Gasteiger partial charge is 0.482 e. The molecule has 6 nitrogen and oxygen atoms in total. The molecule has 0 spiro atoms. The summed E-state index contributed by atoms with van der Waals surface area (Å²) in [7, 11) is -3.19. The van der Waals surface area contributed by atoms with Gasteiger partial charge < -0.3 is 18.3 Å². The molecule has 0 fully saturated rings. The third-order valence-electron chi connectivity index (χ3n) is 4.61. The molecule has 0 aromatic heterocycles. The van der Waals surface area contributed by atoms with Gasteiger partial charge in [0, 0.05) is 44.5 Å². The van der Waals surface area contributed by atoms with Crippen LogP contribution in [-0.2, 0) is 29.8 Å². The maximum absolute atomic E-state index is 11.5. The van der Waals surface area contributed by atoms with Crippen LogP contribution in [-0.4, -0.2) is 26.3 Å². The summed E-state index contributed by atoms with van der Waals surface area (Å²) in [6, 6.07) is 5.50. The van der Waals surface area contributed by atoms with E-state index in [0.717, 1.165) is 24.2 Å². The molecule has 150 valence electrons. The van der Waals surface area contributed by atoms with Crippen LogP contribution in [0.5, 0.6) is 5.75 Å². The molecule has 0 radical (unpaired) electrons. The first-order chi connectivity index (χ1) is 12.7. The second kappa shape index (κ2) is 8.88. The SMILES string of the molecule is CCCCCCC1(C)OCc2cc([Si](C)(OC(C)=O)OC(C)=O)ccc2O1. The molecule has 1 unspecified atom stereocenters. The molecule has 0 amide bonds. The molecule has 27 heavy (non-hydrogen) atoms. The van der Waals surface area contributed by atoms with Crippen LogP contribution in [0, 0.1) is 0 Å². The monoisotopic (exact) mass is 394 g/mol. The minimum absolute atomic E-state index is 0.401. The normalized spacial score (nSPS) is 19.0. The Morgan fingerprint density at radius 2 is 1.81 bits per heavy atom. The summed E-state index contributed by atoms with van der Waals surface area (Å²) in [5.74, 6) is -0.829. The molecule has 0 saturated carbocycles. The molecule has 1 aromatic carbocycles. The fraction of sp³-hybridized carbons (Fsp3) is 0.600. The highest BCUT2D eigenvalue weighted by Gasteiger charge is 2.42. The summed E-state index contributed by atoms with van der Waals surface area (Å²) < 4.78 is 22.9. The average Bonchev–Trinajstić information content (AvgIpc) is 2.57. The molecule has 7 heteroatoms. The molecular formula is C20H30O6Si. The molecule has 1 aromatic rings. The number of hydrogen-bond donors (Lipinski definition) is 0. The summed E-state index contributed by atoms with van der Waals surface area (Å²) in [6.07, 6.45) is 5.46. The van der Waals surface area contributed by atoms with Crippen molar-refractivity contribution in [3.8, 4) is 5.75 Å². The number of hydrogen-bond acceptors (Lipinski definition) is 6. The minimum atomic E-state index is -3.19. The Morgan fingerprint density at radius 1 is 1.15 bits per heavy atom. The molecule has 1 heterocycles. The minimum Gasteiger partial charge on any atom is -0.482 e. The highest BCUT2D eigenvalue weighted by molar-refractivity contribution is 6.82. The Hall–Kier alpha value is -1.86. The zero-order valence-electron chi connectivity index (χ0n) is 16.9. The summed E-state index contributed by atoms with van der Waals surface area (Å²) in [5.41, 5.74) is 0.858. The van der Waals surface area contributed by atoms with E-state index in [-0.39, 0.29) is 0 Å². The standard InChI is InChI=1S/C20H30O6Si/c1-6-7-8-9-12-20(4)23-14-17-13-18(10-11-19(17)24-20)27(5,25-15(2)21)26-16(3)22/h10-11,13H,6-9,12,14H2,1-5H3. The van der Waals surface area contributed by atoms with Gasteiger partial charge in [-0.15, -0.1) is 0 Å². The van der Waals surface area contributed by atoms with E-state index in [1.54, 1.807) is 12.6 Å². The van der Waals surface area contributed by atoms with Gasteiger partial charge in [0.15, 0.2) is 0 Å². The van der Waals surface area contributed by atoms with Crippen LogP contribution in [0.25, 0.3) is 0 Å². The molecule has 0 aliphatic carbocycles. The largest absolute Gasteiger partial charge is 0.496 e. The van der Waals surface area contributed by atoms with Crippen molar-refractivity contribution in [1.82, 2.24) is 0 Å². The summed E-state index contributed by atoms with van der Waals surface area (Å²) in [4.78, 5) is 23.0. The van der Waals surface area contributed by atoms with Gasteiger partial charge in [0.2, 0.25) is 5.79 Å². The van der Waals surface area contributed by atoms with Crippen molar-refractivity contribution in [2.45, 2.75) is 78.7 Å². The first-order valence-electron chi connectivity index (χ1n) is 9.53. The zero-order chi connectivity index (χ0) is 20.1. The molecule has 1 aliphatic rings. The Balaban J connectivity index is 2.17. The van der Waals surface area contributed by atoms with Crippen molar-refractivity contribution < 1.29 is 27.9 Å². The van der Waals surface area contributed by atoms with Crippen LogP contribution in [0.15, 0.2) is 18.2 Å². The van der Waals surface area contributed by atoms with Gasteiger partial charge in [-0.2, -0.15) is 0 Å². The Kier molecular flexibility index (Phi) is 7.05. The highest BCUT2D eigenvalue weighted by atomic mass is 28.4. The molecule has 2 rings (SSSR count). The van der Waals surface area contributed by atoms with Gasteiger partial charge in [0.05, 0.1) is 6.61 Å². The molecule has 1 aliphatic heterocycles. The van der Waals surface area contributed by atoms with Crippen LogP contribution in [0.4, 0.5) is 0 Å². The van der Waals surface area contributed by atoms with Crippen molar-refractivity contribution in [3.63, 3.8) is 0 Å². The van der Waals surface area contributed by atoms with E-state index in [1.165, 1.54) is 33.1 Å². The second-order valence-electron chi connectivity index (χ2n) is 7.29. The first-order valence-corrected chi connectivity index (χ1v) is 11.8. The van der Waals surface area contributed by atoms with Crippen LogP contribution < -0.4 is 9.92 Å². The van der Waals surface area contributed by atoms with Crippen molar-refractivity contribution in [2.24, 2.45) is 0 Å². The third-order valence-corrected chi connectivity index (χ3v) is 7.32. The van der Waals surface area contributed by atoms with Crippen molar-refractivity contribution in [2.75, 3.05) is 0 Å². The van der Waals surface area contributed by atoms with E-state index in [2.05, 4.69) is 6.92 Å². The van der Waals surface area contributed by atoms with Gasteiger partial charge in [0.1, 0.15) is 5.75 Å². The Morgan fingerprint density at radius 3 is 2.41 bits per heavy atom.